The van der Waals surface area contributed by atoms with E-state index in [0.29, 0.717) is 23.2 Å². The van der Waals surface area contributed by atoms with E-state index in [2.05, 4.69) is 20.6 Å². The maximum Gasteiger partial charge on any atom is 0.254 e. The summed E-state index contributed by atoms with van der Waals surface area (Å²) in [5, 5.41) is 6.47. The Balaban J connectivity index is 1.55. The molecule has 1 unspecified atom stereocenters. The third kappa shape index (κ3) is 5.29. The number of carbonyl (C=O) groups excluding carboxylic acids is 1. The van der Waals surface area contributed by atoms with Crippen LogP contribution in [-0.2, 0) is 0 Å². The summed E-state index contributed by atoms with van der Waals surface area (Å²) >= 11 is 0. The molecule has 0 spiro atoms. The SMILES string of the molecule is NC(=O)c1cnc(NC2CCCC[C@@H]2N)nc1Nc1cccc(Oc2ccccc2)c1. The van der Waals surface area contributed by atoms with Crippen molar-refractivity contribution < 1.29 is 9.53 Å². The molecule has 1 aromatic heterocycles. The van der Waals surface area contributed by atoms with Crippen LogP contribution < -0.4 is 26.8 Å². The summed E-state index contributed by atoms with van der Waals surface area (Å²) in [4.78, 5) is 20.7. The molecule has 1 fully saturated rings. The van der Waals surface area contributed by atoms with E-state index in [1.807, 2.05) is 54.6 Å². The molecule has 160 valence electrons. The molecule has 2 atom stereocenters. The Bertz CT molecular complexity index is 1040. The van der Waals surface area contributed by atoms with E-state index >= 15 is 0 Å². The molecule has 6 N–H and O–H groups in total. The van der Waals surface area contributed by atoms with Crippen molar-refractivity contribution in [2.75, 3.05) is 10.6 Å². The minimum atomic E-state index is -0.611. The zero-order valence-electron chi connectivity index (χ0n) is 17.1. The monoisotopic (exact) mass is 418 g/mol. The van der Waals surface area contributed by atoms with Crippen LogP contribution in [0.15, 0.2) is 60.8 Å². The number of hydrogen-bond acceptors (Lipinski definition) is 7. The van der Waals surface area contributed by atoms with Gasteiger partial charge in [0.1, 0.15) is 22.9 Å². The molecule has 0 radical (unpaired) electrons. The normalized spacial score (nSPS) is 18.2. The van der Waals surface area contributed by atoms with Gasteiger partial charge in [0.15, 0.2) is 0 Å². The second kappa shape index (κ2) is 9.44. The minimum absolute atomic E-state index is 0.0522. The number of ether oxygens (including phenoxy) is 1. The topological polar surface area (TPSA) is 128 Å². The highest BCUT2D eigenvalue weighted by Gasteiger charge is 2.23. The first kappa shape index (κ1) is 20.6. The van der Waals surface area contributed by atoms with Crippen molar-refractivity contribution in [1.82, 2.24) is 9.97 Å². The Kier molecular flexibility index (Phi) is 6.28. The summed E-state index contributed by atoms with van der Waals surface area (Å²) in [5.41, 5.74) is 12.7. The quantitative estimate of drug-likeness (QED) is 0.459. The molecular weight excluding hydrogens is 392 g/mol. The first-order chi connectivity index (χ1) is 15.1. The molecule has 8 heteroatoms. The largest absolute Gasteiger partial charge is 0.457 e. The summed E-state index contributed by atoms with van der Waals surface area (Å²) in [6, 6.07) is 17.0. The van der Waals surface area contributed by atoms with Crippen LogP contribution in [0.3, 0.4) is 0 Å². The highest BCUT2D eigenvalue weighted by Crippen LogP contribution is 2.27. The van der Waals surface area contributed by atoms with Gasteiger partial charge in [-0.15, -0.1) is 0 Å². The van der Waals surface area contributed by atoms with Crippen molar-refractivity contribution in [2.45, 2.75) is 37.8 Å². The number of nitrogens with one attached hydrogen (secondary N) is 2. The molecule has 1 aliphatic rings. The maximum absolute atomic E-state index is 11.9. The Morgan fingerprint density at radius 1 is 1.03 bits per heavy atom. The highest BCUT2D eigenvalue weighted by atomic mass is 16.5. The van der Waals surface area contributed by atoms with Crippen LogP contribution in [0.2, 0.25) is 0 Å². The number of aromatic nitrogens is 2. The second-order valence-corrected chi connectivity index (χ2v) is 7.59. The van der Waals surface area contributed by atoms with Gasteiger partial charge in [-0.3, -0.25) is 4.79 Å². The number of nitrogens with zero attached hydrogens (tertiary/aromatic N) is 2. The lowest BCUT2D eigenvalue weighted by atomic mass is 9.91. The number of rotatable bonds is 7. The summed E-state index contributed by atoms with van der Waals surface area (Å²) in [5.74, 6) is 1.50. The fourth-order valence-electron chi connectivity index (χ4n) is 3.63. The highest BCUT2D eigenvalue weighted by molar-refractivity contribution is 5.98. The molecule has 0 bridgehead atoms. The molecule has 4 rings (SSSR count). The Hall–Kier alpha value is -3.65. The Morgan fingerprint density at radius 2 is 1.81 bits per heavy atom. The van der Waals surface area contributed by atoms with Crippen molar-refractivity contribution in [3.8, 4) is 11.5 Å². The molecule has 1 aliphatic carbocycles. The van der Waals surface area contributed by atoms with Gasteiger partial charge in [-0.25, -0.2) is 4.98 Å². The third-order valence-electron chi connectivity index (χ3n) is 5.26. The predicted molar refractivity (Wildman–Crippen MR) is 121 cm³/mol. The predicted octanol–water partition coefficient (Wildman–Crippen LogP) is 3.79. The molecule has 1 saturated carbocycles. The van der Waals surface area contributed by atoms with Gasteiger partial charge in [-0.2, -0.15) is 4.98 Å². The van der Waals surface area contributed by atoms with Crippen LogP contribution in [0.25, 0.3) is 0 Å². The zero-order chi connectivity index (χ0) is 21.6. The van der Waals surface area contributed by atoms with Crippen molar-refractivity contribution >= 4 is 23.4 Å². The smallest absolute Gasteiger partial charge is 0.254 e. The lowest BCUT2D eigenvalue weighted by Gasteiger charge is -2.29. The van der Waals surface area contributed by atoms with E-state index in [-0.39, 0.29) is 17.6 Å². The standard InChI is InChI=1S/C23H26N6O2/c24-19-11-4-5-12-20(19)28-23-26-14-18(21(25)30)22(29-23)27-15-7-6-10-17(13-15)31-16-8-2-1-3-9-16/h1-3,6-10,13-14,19-20H,4-5,11-12,24H2,(H2,25,30)(H2,26,27,28,29)/t19-,20?/m0/s1. The number of anilines is 3. The summed E-state index contributed by atoms with van der Waals surface area (Å²) in [6.07, 6.45) is 5.61. The third-order valence-corrected chi connectivity index (χ3v) is 5.26. The second-order valence-electron chi connectivity index (χ2n) is 7.59. The lowest BCUT2D eigenvalue weighted by Crippen LogP contribution is -2.43. The number of para-hydroxylation sites is 1. The van der Waals surface area contributed by atoms with Gasteiger partial charge in [0, 0.05) is 30.0 Å². The van der Waals surface area contributed by atoms with E-state index in [4.69, 9.17) is 16.2 Å². The molecule has 2 aromatic carbocycles. The van der Waals surface area contributed by atoms with Crippen LogP contribution in [-0.4, -0.2) is 28.0 Å². The van der Waals surface area contributed by atoms with E-state index in [9.17, 15) is 4.79 Å². The maximum atomic E-state index is 11.9. The van der Waals surface area contributed by atoms with Gasteiger partial charge < -0.3 is 26.8 Å². The number of amides is 1. The molecule has 8 nitrogen and oxygen atoms in total. The first-order valence-corrected chi connectivity index (χ1v) is 10.4. The number of hydrogen-bond donors (Lipinski definition) is 4. The van der Waals surface area contributed by atoms with Crippen molar-refractivity contribution in [3.63, 3.8) is 0 Å². The number of benzene rings is 2. The number of nitrogens with two attached hydrogens (primary N) is 2. The first-order valence-electron chi connectivity index (χ1n) is 10.4. The minimum Gasteiger partial charge on any atom is -0.457 e. The number of carbonyl (C=O) groups is 1. The lowest BCUT2D eigenvalue weighted by molar-refractivity contribution is 0.100. The van der Waals surface area contributed by atoms with Gasteiger partial charge in [-0.1, -0.05) is 37.1 Å². The van der Waals surface area contributed by atoms with Crippen molar-refractivity contribution in [3.05, 3.63) is 66.4 Å². The van der Waals surface area contributed by atoms with E-state index < -0.39 is 5.91 Å². The molecular formula is C23H26N6O2. The summed E-state index contributed by atoms with van der Waals surface area (Å²) in [6.45, 7) is 0. The van der Waals surface area contributed by atoms with Gasteiger partial charge in [-0.05, 0) is 37.1 Å². The zero-order valence-corrected chi connectivity index (χ0v) is 17.1. The van der Waals surface area contributed by atoms with Crippen LogP contribution in [0.1, 0.15) is 36.0 Å². The fourth-order valence-corrected chi connectivity index (χ4v) is 3.63. The van der Waals surface area contributed by atoms with Crippen LogP contribution >= 0.6 is 0 Å². The molecule has 3 aromatic rings. The van der Waals surface area contributed by atoms with E-state index in [1.165, 1.54) is 6.20 Å². The van der Waals surface area contributed by atoms with Gasteiger partial charge in [0.2, 0.25) is 5.95 Å². The summed E-state index contributed by atoms with van der Waals surface area (Å²) < 4.78 is 5.88. The van der Waals surface area contributed by atoms with Crippen LogP contribution in [0.4, 0.5) is 17.5 Å². The van der Waals surface area contributed by atoms with E-state index in [0.717, 1.165) is 31.4 Å². The van der Waals surface area contributed by atoms with E-state index in [1.54, 1.807) is 0 Å². The average Bonchev–Trinajstić information content (AvgIpc) is 2.76. The molecule has 1 amide bonds. The van der Waals surface area contributed by atoms with Crippen LogP contribution in [0.5, 0.6) is 11.5 Å². The van der Waals surface area contributed by atoms with Gasteiger partial charge in [0.05, 0.1) is 0 Å². The Labute approximate surface area is 181 Å². The summed E-state index contributed by atoms with van der Waals surface area (Å²) in [7, 11) is 0. The molecule has 1 heterocycles. The molecule has 0 saturated heterocycles. The van der Waals surface area contributed by atoms with Gasteiger partial charge in [0.25, 0.3) is 5.91 Å². The number of primary amides is 1. The van der Waals surface area contributed by atoms with Crippen LogP contribution in [0, 0.1) is 0 Å². The molecule has 31 heavy (non-hydrogen) atoms. The Morgan fingerprint density at radius 3 is 2.58 bits per heavy atom. The fraction of sp³-hybridized carbons (Fsp3) is 0.261. The van der Waals surface area contributed by atoms with Crippen molar-refractivity contribution in [2.24, 2.45) is 11.5 Å². The molecule has 0 aliphatic heterocycles. The van der Waals surface area contributed by atoms with Crippen molar-refractivity contribution in [1.29, 1.82) is 0 Å². The van der Waals surface area contributed by atoms with Gasteiger partial charge >= 0.3 is 0 Å². The average molecular weight is 419 g/mol.